The number of esters is 1. The Morgan fingerprint density at radius 1 is 1.53 bits per heavy atom. The molecule has 0 aliphatic rings. The number of hydrogen-bond donors (Lipinski definition) is 0. The van der Waals surface area contributed by atoms with Gasteiger partial charge in [-0.2, -0.15) is 10.2 Å². The Labute approximate surface area is 98.6 Å². The number of carbonyl (C=O) groups is 1. The molecule has 1 aromatic rings. The fraction of sp³-hybridized carbons (Fsp3) is 0.400. The van der Waals surface area contributed by atoms with Crippen molar-refractivity contribution in [1.29, 1.82) is 5.26 Å². The van der Waals surface area contributed by atoms with Gasteiger partial charge in [0.15, 0.2) is 6.19 Å². The number of nitriles is 1. The number of rotatable bonds is 4. The fourth-order valence-electron chi connectivity index (χ4n) is 1.09. The van der Waals surface area contributed by atoms with E-state index in [9.17, 15) is 4.79 Å². The quantitative estimate of drug-likeness (QED) is 0.420. The fourth-order valence-corrected chi connectivity index (χ4v) is 1.09. The lowest BCUT2D eigenvalue weighted by Crippen LogP contribution is -2.27. The highest BCUT2D eigenvalue weighted by Crippen LogP contribution is 2.14. The van der Waals surface area contributed by atoms with Gasteiger partial charge in [-0.25, -0.2) is 9.88 Å². The molecule has 7 nitrogen and oxygen atoms in total. The molecule has 17 heavy (non-hydrogen) atoms. The van der Waals surface area contributed by atoms with Crippen molar-refractivity contribution in [3.05, 3.63) is 11.8 Å². The first-order valence-corrected chi connectivity index (χ1v) is 4.74. The van der Waals surface area contributed by atoms with Crippen LogP contribution in [-0.2, 0) is 9.53 Å². The van der Waals surface area contributed by atoms with Crippen LogP contribution in [0.25, 0.3) is 0 Å². The average Bonchev–Trinajstić information content (AvgIpc) is 2.34. The number of methoxy groups -OCH3 is 2. The molecule has 0 spiro atoms. The van der Waals surface area contributed by atoms with E-state index in [-0.39, 0.29) is 12.5 Å². The molecule has 0 atom stereocenters. The summed E-state index contributed by atoms with van der Waals surface area (Å²) in [4.78, 5) is 20.1. The van der Waals surface area contributed by atoms with Gasteiger partial charge in [-0.3, -0.25) is 4.79 Å². The Hall–Kier alpha value is -2.36. The molecule has 0 aromatic carbocycles. The molecule has 1 rings (SSSR count). The van der Waals surface area contributed by atoms with Gasteiger partial charge in [-0.15, -0.1) is 0 Å². The van der Waals surface area contributed by atoms with Crippen molar-refractivity contribution < 1.29 is 14.3 Å². The molecular weight excluding hydrogens is 224 g/mol. The maximum atomic E-state index is 11.1. The summed E-state index contributed by atoms with van der Waals surface area (Å²) in [7, 11) is 2.71. The van der Waals surface area contributed by atoms with E-state index in [1.165, 1.54) is 14.2 Å². The predicted molar refractivity (Wildman–Crippen MR) is 58.3 cm³/mol. The molecule has 0 saturated heterocycles. The SMILES string of the molecule is COC(=O)CN(C#N)c1nc(C)cc(OC)n1. The second-order valence-corrected chi connectivity index (χ2v) is 3.11. The summed E-state index contributed by atoms with van der Waals surface area (Å²) in [5, 5.41) is 8.93. The number of carbonyl (C=O) groups excluding carboxylic acids is 1. The minimum absolute atomic E-state index is 0.106. The minimum Gasteiger partial charge on any atom is -0.481 e. The normalized spacial score (nSPS) is 9.29. The number of anilines is 1. The first kappa shape index (κ1) is 12.7. The number of ether oxygens (including phenoxy) is 2. The van der Waals surface area contributed by atoms with Crippen LogP contribution in [0.5, 0.6) is 5.88 Å². The maximum Gasteiger partial charge on any atom is 0.326 e. The van der Waals surface area contributed by atoms with Crippen LogP contribution in [-0.4, -0.2) is 36.7 Å². The summed E-state index contributed by atoms with van der Waals surface area (Å²) < 4.78 is 9.43. The zero-order chi connectivity index (χ0) is 12.8. The zero-order valence-electron chi connectivity index (χ0n) is 9.80. The number of nitrogens with zero attached hydrogens (tertiary/aromatic N) is 4. The van der Waals surface area contributed by atoms with E-state index >= 15 is 0 Å². The van der Waals surface area contributed by atoms with Crippen LogP contribution < -0.4 is 9.64 Å². The summed E-state index contributed by atoms with van der Waals surface area (Å²) in [6.45, 7) is 1.50. The van der Waals surface area contributed by atoms with Gasteiger partial charge in [-0.05, 0) is 6.92 Å². The van der Waals surface area contributed by atoms with E-state index in [0.29, 0.717) is 11.6 Å². The Kier molecular flexibility index (Phi) is 4.22. The van der Waals surface area contributed by atoms with Gasteiger partial charge >= 0.3 is 5.97 Å². The average molecular weight is 236 g/mol. The smallest absolute Gasteiger partial charge is 0.326 e. The third-order valence-corrected chi connectivity index (χ3v) is 1.91. The van der Waals surface area contributed by atoms with Gasteiger partial charge in [-0.1, -0.05) is 0 Å². The van der Waals surface area contributed by atoms with Gasteiger partial charge in [0.2, 0.25) is 11.8 Å². The van der Waals surface area contributed by atoms with Gasteiger partial charge in [0.1, 0.15) is 6.54 Å². The van der Waals surface area contributed by atoms with Crippen LogP contribution >= 0.6 is 0 Å². The van der Waals surface area contributed by atoms with Crippen molar-refractivity contribution in [2.45, 2.75) is 6.92 Å². The van der Waals surface area contributed by atoms with Crippen molar-refractivity contribution in [3.8, 4) is 12.1 Å². The van der Waals surface area contributed by atoms with Crippen LogP contribution in [0.15, 0.2) is 6.07 Å². The number of aromatic nitrogens is 2. The van der Waals surface area contributed by atoms with Crippen LogP contribution in [0, 0.1) is 18.4 Å². The minimum atomic E-state index is -0.546. The molecule has 0 unspecified atom stereocenters. The summed E-state index contributed by atoms with van der Waals surface area (Å²) >= 11 is 0. The second kappa shape index (κ2) is 5.65. The van der Waals surface area contributed by atoms with Crippen LogP contribution in [0.3, 0.4) is 0 Å². The van der Waals surface area contributed by atoms with Crippen LogP contribution in [0.4, 0.5) is 5.95 Å². The van der Waals surface area contributed by atoms with Gasteiger partial charge in [0.05, 0.1) is 14.2 Å². The molecule has 0 N–H and O–H groups in total. The van der Waals surface area contributed by atoms with E-state index in [1.54, 1.807) is 13.0 Å². The lowest BCUT2D eigenvalue weighted by Gasteiger charge is -2.13. The lowest BCUT2D eigenvalue weighted by molar-refractivity contribution is -0.138. The monoisotopic (exact) mass is 236 g/mol. The highest BCUT2D eigenvalue weighted by Gasteiger charge is 2.15. The van der Waals surface area contributed by atoms with E-state index in [0.717, 1.165) is 4.90 Å². The first-order chi connectivity index (χ1) is 8.10. The van der Waals surface area contributed by atoms with Gasteiger partial charge in [0.25, 0.3) is 0 Å². The lowest BCUT2D eigenvalue weighted by atomic mass is 10.4. The summed E-state index contributed by atoms with van der Waals surface area (Å²) in [6, 6.07) is 1.62. The molecule has 1 heterocycles. The summed E-state index contributed by atoms with van der Waals surface area (Å²) in [5.74, 6) is -0.108. The molecule has 0 amide bonds. The molecule has 0 fully saturated rings. The highest BCUT2D eigenvalue weighted by molar-refractivity contribution is 5.75. The van der Waals surface area contributed by atoms with E-state index in [2.05, 4.69) is 14.7 Å². The molecule has 0 bridgehead atoms. The summed E-state index contributed by atoms with van der Waals surface area (Å²) in [5.41, 5.74) is 0.636. The maximum absolute atomic E-state index is 11.1. The second-order valence-electron chi connectivity index (χ2n) is 3.11. The van der Waals surface area contributed by atoms with Gasteiger partial charge < -0.3 is 9.47 Å². The van der Waals surface area contributed by atoms with Crippen molar-refractivity contribution in [2.75, 3.05) is 25.7 Å². The van der Waals surface area contributed by atoms with Crippen molar-refractivity contribution in [2.24, 2.45) is 0 Å². The third-order valence-electron chi connectivity index (χ3n) is 1.91. The van der Waals surface area contributed by atoms with Crippen LogP contribution in [0.2, 0.25) is 0 Å². The first-order valence-electron chi connectivity index (χ1n) is 4.74. The van der Waals surface area contributed by atoms with Crippen LogP contribution in [0.1, 0.15) is 5.69 Å². The Bertz CT molecular complexity index is 455. The Morgan fingerprint density at radius 2 is 2.24 bits per heavy atom. The Morgan fingerprint density at radius 3 is 2.76 bits per heavy atom. The molecule has 0 aliphatic carbocycles. The molecule has 1 aromatic heterocycles. The molecule has 90 valence electrons. The van der Waals surface area contributed by atoms with Gasteiger partial charge in [0, 0.05) is 11.8 Å². The largest absolute Gasteiger partial charge is 0.481 e. The molecule has 7 heteroatoms. The van der Waals surface area contributed by atoms with E-state index in [1.807, 2.05) is 6.19 Å². The Balaban J connectivity index is 3.00. The molecule has 0 aliphatic heterocycles. The van der Waals surface area contributed by atoms with Crippen molar-refractivity contribution in [3.63, 3.8) is 0 Å². The zero-order valence-corrected chi connectivity index (χ0v) is 9.80. The molecular formula is C10H12N4O3. The van der Waals surface area contributed by atoms with E-state index < -0.39 is 5.97 Å². The number of aryl methyl sites for hydroxylation is 1. The summed E-state index contributed by atoms with van der Waals surface area (Å²) in [6.07, 6.45) is 1.81. The van der Waals surface area contributed by atoms with Crippen molar-refractivity contribution in [1.82, 2.24) is 9.97 Å². The molecule has 0 radical (unpaired) electrons. The van der Waals surface area contributed by atoms with Crippen molar-refractivity contribution >= 4 is 11.9 Å². The predicted octanol–water partition coefficient (Wildman–Crippen LogP) is 0.254. The standard InChI is InChI=1S/C10H12N4O3/c1-7-4-8(16-2)13-10(12-7)14(6-11)5-9(15)17-3/h4H,5H2,1-3H3. The third kappa shape index (κ3) is 3.31. The highest BCUT2D eigenvalue weighted by atomic mass is 16.5. The van der Waals surface area contributed by atoms with E-state index in [4.69, 9.17) is 10.00 Å². The number of hydrogen-bond acceptors (Lipinski definition) is 7. The topological polar surface area (TPSA) is 88.3 Å². The molecule has 0 saturated carbocycles.